The third-order valence-electron chi connectivity index (χ3n) is 2.01. The van der Waals surface area contributed by atoms with Crippen molar-refractivity contribution >= 4 is 26.8 Å². The van der Waals surface area contributed by atoms with Crippen LogP contribution in [0, 0.1) is 5.82 Å². The fourth-order valence-electron chi connectivity index (χ4n) is 1.38. The van der Waals surface area contributed by atoms with E-state index in [1.54, 1.807) is 6.20 Å². The minimum absolute atomic E-state index is 0.260. The van der Waals surface area contributed by atoms with Crippen molar-refractivity contribution in [3.8, 4) is 0 Å². The molecule has 0 unspecified atom stereocenters. The first-order valence-corrected chi connectivity index (χ1v) is 4.66. The van der Waals surface area contributed by atoms with Crippen molar-refractivity contribution in [1.29, 1.82) is 0 Å². The number of halogens is 2. The molecule has 4 heteroatoms. The number of benzene rings is 1. The minimum Gasteiger partial charge on any atom is -0.358 e. The van der Waals surface area contributed by atoms with Crippen LogP contribution >= 0.6 is 15.9 Å². The lowest BCUT2D eigenvalue weighted by molar-refractivity contribution is 0.636. The summed E-state index contributed by atoms with van der Waals surface area (Å²) in [6.45, 7) is 0.413. The smallest absolute Gasteiger partial charge is 0.148 e. The molecule has 13 heavy (non-hydrogen) atoms. The van der Waals surface area contributed by atoms with Crippen LogP contribution < -0.4 is 5.73 Å². The molecule has 0 spiro atoms. The molecule has 2 aromatic rings. The predicted octanol–water partition coefficient (Wildman–Crippen LogP) is 2.53. The van der Waals surface area contributed by atoms with Gasteiger partial charge in [0.15, 0.2) is 0 Å². The Kier molecular flexibility index (Phi) is 2.09. The first-order valence-electron chi connectivity index (χ1n) is 3.87. The summed E-state index contributed by atoms with van der Waals surface area (Å²) in [6.07, 6.45) is 1.74. The van der Waals surface area contributed by atoms with Crippen LogP contribution in [0.1, 0.15) is 5.56 Å². The second-order valence-electron chi connectivity index (χ2n) is 2.83. The van der Waals surface area contributed by atoms with Gasteiger partial charge in [0, 0.05) is 22.6 Å². The fourth-order valence-corrected chi connectivity index (χ4v) is 1.81. The zero-order valence-electron chi connectivity index (χ0n) is 6.77. The number of hydrogen-bond donors (Lipinski definition) is 2. The highest BCUT2D eigenvalue weighted by Gasteiger charge is 2.07. The Morgan fingerprint density at radius 1 is 1.46 bits per heavy atom. The summed E-state index contributed by atoms with van der Waals surface area (Å²) in [4.78, 5) is 2.86. The molecule has 0 atom stereocenters. The maximum atomic E-state index is 13.3. The third kappa shape index (κ3) is 1.36. The van der Waals surface area contributed by atoms with Crippen LogP contribution in [0.25, 0.3) is 10.9 Å². The minimum atomic E-state index is -0.260. The molecule has 0 saturated heterocycles. The number of H-pyrrole nitrogens is 1. The normalized spacial score (nSPS) is 11.0. The van der Waals surface area contributed by atoms with Gasteiger partial charge in [-0.25, -0.2) is 4.39 Å². The molecule has 0 aliphatic carbocycles. The van der Waals surface area contributed by atoms with Crippen LogP contribution in [0.5, 0.6) is 0 Å². The summed E-state index contributed by atoms with van der Waals surface area (Å²) < 4.78 is 14.0. The van der Waals surface area contributed by atoms with E-state index in [9.17, 15) is 4.39 Å². The van der Waals surface area contributed by atoms with E-state index >= 15 is 0 Å². The summed E-state index contributed by atoms with van der Waals surface area (Å²) >= 11 is 3.24. The van der Waals surface area contributed by atoms with Crippen molar-refractivity contribution in [3.63, 3.8) is 0 Å². The molecule has 0 aliphatic heterocycles. The molecule has 68 valence electrons. The van der Waals surface area contributed by atoms with Crippen molar-refractivity contribution < 1.29 is 4.39 Å². The van der Waals surface area contributed by atoms with Gasteiger partial charge in [0.05, 0.1) is 5.52 Å². The van der Waals surface area contributed by atoms with E-state index in [-0.39, 0.29) is 5.82 Å². The second-order valence-corrected chi connectivity index (χ2v) is 3.74. The van der Waals surface area contributed by atoms with E-state index in [4.69, 9.17) is 5.73 Å². The van der Waals surface area contributed by atoms with Crippen LogP contribution in [-0.2, 0) is 6.54 Å². The lowest BCUT2D eigenvalue weighted by Gasteiger charge is -1.96. The summed E-state index contributed by atoms with van der Waals surface area (Å²) in [7, 11) is 0. The van der Waals surface area contributed by atoms with Gasteiger partial charge in [0.1, 0.15) is 5.82 Å². The van der Waals surface area contributed by atoms with Gasteiger partial charge in [0.2, 0.25) is 0 Å². The lowest BCUT2D eigenvalue weighted by atomic mass is 10.2. The van der Waals surface area contributed by atoms with Crippen molar-refractivity contribution in [2.24, 2.45) is 5.73 Å². The highest BCUT2D eigenvalue weighted by atomic mass is 79.9. The van der Waals surface area contributed by atoms with Crippen LogP contribution in [0.3, 0.4) is 0 Å². The number of aromatic nitrogens is 1. The Balaban J connectivity index is 2.82. The van der Waals surface area contributed by atoms with Crippen LogP contribution in [-0.4, -0.2) is 4.98 Å². The van der Waals surface area contributed by atoms with Crippen molar-refractivity contribution in [2.75, 3.05) is 0 Å². The molecule has 0 fully saturated rings. The van der Waals surface area contributed by atoms with E-state index < -0.39 is 0 Å². The van der Waals surface area contributed by atoms with Gasteiger partial charge in [-0.3, -0.25) is 0 Å². The number of rotatable bonds is 1. The molecule has 0 bridgehead atoms. The standard InChI is InChI=1S/C9H8BrFN2/c10-6-1-7-5(3-12)4-13-9(7)8(11)2-6/h1-2,4,13H,3,12H2. The van der Waals surface area contributed by atoms with Crippen molar-refractivity contribution in [1.82, 2.24) is 4.98 Å². The maximum Gasteiger partial charge on any atom is 0.148 e. The predicted molar refractivity (Wildman–Crippen MR) is 53.8 cm³/mol. The second kappa shape index (κ2) is 3.12. The van der Waals surface area contributed by atoms with Crippen molar-refractivity contribution in [2.45, 2.75) is 6.54 Å². The number of aromatic amines is 1. The molecule has 0 saturated carbocycles. The monoisotopic (exact) mass is 242 g/mol. The number of nitrogens with one attached hydrogen (secondary N) is 1. The zero-order valence-corrected chi connectivity index (χ0v) is 8.36. The molecule has 1 aromatic carbocycles. The topological polar surface area (TPSA) is 41.8 Å². The highest BCUT2D eigenvalue weighted by molar-refractivity contribution is 9.10. The van der Waals surface area contributed by atoms with Gasteiger partial charge in [-0.1, -0.05) is 15.9 Å². The average molecular weight is 243 g/mol. The van der Waals surface area contributed by atoms with Crippen LogP contribution in [0.4, 0.5) is 4.39 Å². The molecule has 3 N–H and O–H groups in total. The summed E-state index contributed by atoms with van der Waals surface area (Å²) in [5.74, 6) is -0.260. The number of fused-ring (bicyclic) bond motifs is 1. The van der Waals surface area contributed by atoms with E-state index in [1.807, 2.05) is 6.07 Å². The average Bonchev–Trinajstić information content (AvgIpc) is 2.47. The van der Waals surface area contributed by atoms with Gasteiger partial charge >= 0.3 is 0 Å². The number of nitrogens with two attached hydrogens (primary N) is 1. The first kappa shape index (κ1) is 8.72. The molecule has 0 amide bonds. The third-order valence-corrected chi connectivity index (χ3v) is 2.47. The van der Waals surface area contributed by atoms with Gasteiger partial charge in [0.25, 0.3) is 0 Å². The van der Waals surface area contributed by atoms with E-state index in [0.717, 1.165) is 15.4 Å². The first-order chi connectivity index (χ1) is 6.22. The van der Waals surface area contributed by atoms with Gasteiger partial charge < -0.3 is 10.7 Å². The maximum absolute atomic E-state index is 13.3. The molecule has 2 nitrogen and oxygen atoms in total. The molecule has 0 aliphatic rings. The lowest BCUT2D eigenvalue weighted by Crippen LogP contribution is -1.94. The van der Waals surface area contributed by atoms with E-state index in [0.29, 0.717) is 12.1 Å². The van der Waals surface area contributed by atoms with E-state index in [2.05, 4.69) is 20.9 Å². The summed E-state index contributed by atoms with van der Waals surface area (Å²) in [5, 5.41) is 0.842. The quantitative estimate of drug-likeness (QED) is 0.793. The van der Waals surface area contributed by atoms with Gasteiger partial charge in [-0.2, -0.15) is 0 Å². The highest BCUT2D eigenvalue weighted by Crippen LogP contribution is 2.25. The molecule has 0 radical (unpaired) electrons. The molecular weight excluding hydrogens is 235 g/mol. The number of hydrogen-bond acceptors (Lipinski definition) is 1. The Morgan fingerprint density at radius 3 is 2.92 bits per heavy atom. The Morgan fingerprint density at radius 2 is 2.23 bits per heavy atom. The molecule has 1 aromatic heterocycles. The van der Waals surface area contributed by atoms with Crippen LogP contribution in [0.2, 0.25) is 0 Å². The molecule has 1 heterocycles. The van der Waals surface area contributed by atoms with Crippen LogP contribution in [0.15, 0.2) is 22.8 Å². The van der Waals surface area contributed by atoms with Crippen molar-refractivity contribution in [3.05, 3.63) is 34.2 Å². The van der Waals surface area contributed by atoms with E-state index in [1.165, 1.54) is 6.07 Å². The SMILES string of the molecule is NCc1c[nH]c2c(F)cc(Br)cc12. The van der Waals surface area contributed by atoms with Gasteiger partial charge in [-0.15, -0.1) is 0 Å². The summed E-state index contributed by atoms with van der Waals surface area (Å²) in [5.41, 5.74) is 6.95. The Labute approximate surface area is 83.1 Å². The fraction of sp³-hybridized carbons (Fsp3) is 0.111. The Bertz CT molecular complexity index is 450. The molecule has 2 rings (SSSR count). The largest absolute Gasteiger partial charge is 0.358 e. The molecular formula is C9H8BrFN2. The van der Waals surface area contributed by atoms with Gasteiger partial charge in [-0.05, 0) is 17.7 Å². The zero-order chi connectivity index (χ0) is 9.42. The Hall–Kier alpha value is -0.870. The summed E-state index contributed by atoms with van der Waals surface area (Å²) in [6, 6.07) is 3.29.